The molecule has 0 atom stereocenters. The van der Waals surface area contributed by atoms with Crippen molar-refractivity contribution in [2.45, 2.75) is 13.1 Å². The maximum atomic E-state index is 13.0. The third-order valence-electron chi connectivity index (χ3n) is 2.91. The highest BCUT2D eigenvalue weighted by atomic mass is 19.4. The predicted molar refractivity (Wildman–Crippen MR) is 67.9 cm³/mol. The molecule has 20 heavy (non-hydrogen) atoms. The van der Waals surface area contributed by atoms with Gasteiger partial charge in [-0.3, -0.25) is 9.78 Å². The van der Waals surface area contributed by atoms with Crippen LogP contribution in [-0.2, 0) is 6.18 Å². The SMILES string of the molecule is Cc1nccc(-c2ccccc2C(F)(F)F)c1C(N)=O. The molecular formula is C14H11F3N2O. The molecule has 1 aromatic heterocycles. The Bertz CT molecular complexity index is 666. The van der Waals surface area contributed by atoms with E-state index in [9.17, 15) is 18.0 Å². The number of primary amides is 1. The number of aryl methyl sites for hydroxylation is 1. The van der Waals surface area contributed by atoms with Gasteiger partial charge in [0.2, 0.25) is 0 Å². The molecule has 0 unspecified atom stereocenters. The molecule has 1 aromatic carbocycles. The highest BCUT2D eigenvalue weighted by molar-refractivity contribution is 6.01. The number of pyridine rings is 1. The molecule has 0 fully saturated rings. The first kappa shape index (κ1) is 14.0. The Morgan fingerprint density at radius 1 is 1.15 bits per heavy atom. The minimum atomic E-state index is -4.51. The van der Waals surface area contributed by atoms with Gasteiger partial charge in [0.15, 0.2) is 0 Å². The summed E-state index contributed by atoms with van der Waals surface area (Å²) in [5.74, 6) is -0.803. The molecule has 0 spiro atoms. The summed E-state index contributed by atoms with van der Waals surface area (Å²) in [5, 5.41) is 0. The van der Waals surface area contributed by atoms with Gasteiger partial charge in [0, 0.05) is 6.20 Å². The van der Waals surface area contributed by atoms with E-state index in [-0.39, 0.29) is 16.7 Å². The number of carbonyl (C=O) groups excluding carboxylic acids is 1. The molecule has 0 aliphatic carbocycles. The van der Waals surface area contributed by atoms with Crippen LogP contribution in [0.5, 0.6) is 0 Å². The first-order valence-electron chi connectivity index (χ1n) is 5.74. The van der Waals surface area contributed by atoms with E-state index in [1.54, 1.807) is 0 Å². The van der Waals surface area contributed by atoms with Gasteiger partial charge in [-0.2, -0.15) is 13.2 Å². The Balaban J connectivity index is 2.77. The van der Waals surface area contributed by atoms with Crippen molar-refractivity contribution in [1.29, 1.82) is 0 Å². The summed E-state index contributed by atoms with van der Waals surface area (Å²) in [4.78, 5) is 15.4. The second-order valence-electron chi connectivity index (χ2n) is 4.23. The molecule has 1 amide bonds. The number of nitrogens with zero attached hydrogens (tertiary/aromatic N) is 1. The van der Waals surface area contributed by atoms with Gasteiger partial charge in [-0.15, -0.1) is 0 Å². The second-order valence-corrected chi connectivity index (χ2v) is 4.23. The van der Waals surface area contributed by atoms with Gasteiger partial charge in [0.05, 0.1) is 16.8 Å². The van der Waals surface area contributed by atoms with Crippen LogP contribution >= 0.6 is 0 Å². The Labute approximate surface area is 113 Å². The van der Waals surface area contributed by atoms with Crippen LogP contribution in [0.2, 0.25) is 0 Å². The van der Waals surface area contributed by atoms with E-state index in [4.69, 9.17) is 5.73 Å². The van der Waals surface area contributed by atoms with E-state index in [1.165, 1.54) is 37.4 Å². The van der Waals surface area contributed by atoms with E-state index < -0.39 is 17.6 Å². The number of amides is 1. The lowest BCUT2D eigenvalue weighted by Crippen LogP contribution is -2.16. The number of aromatic nitrogens is 1. The Morgan fingerprint density at radius 2 is 1.80 bits per heavy atom. The number of benzene rings is 1. The van der Waals surface area contributed by atoms with Gasteiger partial charge >= 0.3 is 6.18 Å². The second kappa shape index (κ2) is 4.96. The van der Waals surface area contributed by atoms with Crippen molar-refractivity contribution >= 4 is 5.91 Å². The van der Waals surface area contributed by atoms with Crippen LogP contribution in [0.15, 0.2) is 36.5 Å². The molecule has 2 aromatic rings. The molecule has 0 saturated carbocycles. The smallest absolute Gasteiger partial charge is 0.366 e. The van der Waals surface area contributed by atoms with Crippen LogP contribution < -0.4 is 5.73 Å². The summed E-state index contributed by atoms with van der Waals surface area (Å²) in [6.45, 7) is 1.53. The molecule has 3 nitrogen and oxygen atoms in total. The van der Waals surface area contributed by atoms with Gasteiger partial charge in [-0.25, -0.2) is 0 Å². The normalized spacial score (nSPS) is 11.4. The molecule has 6 heteroatoms. The lowest BCUT2D eigenvalue weighted by molar-refractivity contribution is -0.137. The topological polar surface area (TPSA) is 56.0 Å². The lowest BCUT2D eigenvalue weighted by atomic mass is 9.94. The molecule has 0 aliphatic rings. The van der Waals surface area contributed by atoms with Crippen molar-refractivity contribution in [3.8, 4) is 11.1 Å². The number of alkyl halides is 3. The van der Waals surface area contributed by atoms with Crippen molar-refractivity contribution in [2.24, 2.45) is 5.73 Å². The third kappa shape index (κ3) is 2.49. The summed E-state index contributed by atoms with van der Waals surface area (Å²) >= 11 is 0. The summed E-state index contributed by atoms with van der Waals surface area (Å²) in [7, 11) is 0. The van der Waals surface area contributed by atoms with Gasteiger partial charge in [-0.05, 0) is 30.2 Å². The monoisotopic (exact) mass is 280 g/mol. The number of hydrogen-bond acceptors (Lipinski definition) is 2. The maximum Gasteiger partial charge on any atom is 0.417 e. The van der Waals surface area contributed by atoms with Crippen molar-refractivity contribution in [1.82, 2.24) is 4.98 Å². The fourth-order valence-electron chi connectivity index (χ4n) is 2.07. The summed E-state index contributed by atoms with van der Waals surface area (Å²) in [6, 6.07) is 6.41. The van der Waals surface area contributed by atoms with Crippen LogP contribution in [0.25, 0.3) is 11.1 Å². The van der Waals surface area contributed by atoms with E-state index in [1.807, 2.05) is 0 Å². The molecule has 2 N–H and O–H groups in total. The van der Waals surface area contributed by atoms with Crippen molar-refractivity contribution in [2.75, 3.05) is 0 Å². The molecule has 104 valence electrons. The standard InChI is InChI=1S/C14H11F3N2O/c1-8-12(13(18)20)10(6-7-19-8)9-4-2-3-5-11(9)14(15,16)17/h2-7H,1H3,(H2,18,20). The third-order valence-corrected chi connectivity index (χ3v) is 2.91. The minimum Gasteiger partial charge on any atom is -0.366 e. The average Bonchev–Trinajstić information content (AvgIpc) is 2.37. The Kier molecular flexibility index (Phi) is 3.48. The first-order chi connectivity index (χ1) is 9.32. The van der Waals surface area contributed by atoms with Gasteiger partial charge < -0.3 is 5.73 Å². The van der Waals surface area contributed by atoms with Crippen LogP contribution in [0.1, 0.15) is 21.6 Å². The van der Waals surface area contributed by atoms with Gasteiger partial charge in [0.1, 0.15) is 0 Å². The molecule has 1 heterocycles. The van der Waals surface area contributed by atoms with E-state index in [2.05, 4.69) is 4.98 Å². The van der Waals surface area contributed by atoms with Crippen molar-refractivity contribution < 1.29 is 18.0 Å². The number of halogens is 3. The zero-order valence-electron chi connectivity index (χ0n) is 10.5. The molecule has 0 radical (unpaired) electrons. The zero-order chi connectivity index (χ0) is 14.9. The predicted octanol–water partition coefficient (Wildman–Crippen LogP) is 3.17. The number of hydrogen-bond donors (Lipinski definition) is 1. The van der Waals surface area contributed by atoms with Gasteiger partial charge in [0.25, 0.3) is 5.91 Å². The van der Waals surface area contributed by atoms with E-state index >= 15 is 0 Å². The quantitative estimate of drug-likeness (QED) is 0.918. The lowest BCUT2D eigenvalue weighted by Gasteiger charge is -2.15. The van der Waals surface area contributed by atoms with Crippen LogP contribution in [-0.4, -0.2) is 10.9 Å². The van der Waals surface area contributed by atoms with Crippen molar-refractivity contribution in [3.63, 3.8) is 0 Å². The molecular weight excluding hydrogens is 269 g/mol. The van der Waals surface area contributed by atoms with Crippen LogP contribution in [0.4, 0.5) is 13.2 Å². The van der Waals surface area contributed by atoms with Crippen LogP contribution in [0, 0.1) is 6.92 Å². The molecule has 2 rings (SSSR count). The van der Waals surface area contributed by atoms with Crippen molar-refractivity contribution in [3.05, 3.63) is 53.3 Å². The highest BCUT2D eigenvalue weighted by Gasteiger charge is 2.34. The Morgan fingerprint density at radius 3 is 2.40 bits per heavy atom. The average molecular weight is 280 g/mol. The fourth-order valence-corrected chi connectivity index (χ4v) is 2.07. The number of rotatable bonds is 2. The van der Waals surface area contributed by atoms with E-state index in [0.717, 1.165) is 6.07 Å². The molecule has 0 aliphatic heterocycles. The maximum absolute atomic E-state index is 13.0. The van der Waals surface area contributed by atoms with Crippen LogP contribution in [0.3, 0.4) is 0 Å². The summed E-state index contributed by atoms with van der Waals surface area (Å²) < 4.78 is 39.1. The Hall–Kier alpha value is -2.37. The molecule has 0 bridgehead atoms. The number of carbonyl (C=O) groups is 1. The largest absolute Gasteiger partial charge is 0.417 e. The van der Waals surface area contributed by atoms with Gasteiger partial charge in [-0.1, -0.05) is 18.2 Å². The summed E-state index contributed by atoms with van der Waals surface area (Å²) in [6.07, 6.45) is -3.16. The number of nitrogens with two attached hydrogens (primary N) is 1. The van der Waals surface area contributed by atoms with E-state index in [0.29, 0.717) is 5.69 Å². The molecule has 0 saturated heterocycles. The zero-order valence-corrected chi connectivity index (χ0v) is 10.5. The fraction of sp³-hybridized carbons (Fsp3) is 0.143. The minimum absolute atomic E-state index is 0.00389. The summed E-state index contributed by atoms with van der Waals surface area (Å²) in [5.41, 5.74) is 4.79. The first-order valence-corrected chi connectivity index (χ1v) is 5.74. The highest BCUT2D eigenvalue weighted by Crippen LogP contribution is 2.38.